The Hall–Kier alpha value is -3.14. The van der Waals surface area contributed by atoms with Crippen molar-refractivity contribution >= 4 is 23.7 Å². The molecule has 10 nitrogen and oxygen atoms in total. The van der Waals surface area contributed by atoms with Gasteiger partial charge in [0.05, 0.1) is 6.04 Å². The molecule has 0 aliphatic rings. The van der Waals surface area contributed by atoms with Crippen LogP contribution in [0.5, 0.6) is 5.75 Å². The number of benzene rings is 1. The first-order chi connectivity index (χ1) is 16.7. The second-order valence-electron chi connectivity index (χ2n) is 10.4. The standard InChI is InChI=1S/C26H42N4O6/c1-14(2)11-19(27)23(32)28-20(12-15(3)4)24(33)30-22(16(5)6)25(34)29-21(26(35)36)13-17-7-9-18(31)10-8-17/h7-10,14-16,19-22,31H,11-13,27H2,1-6H3,(H,28,32)(H,29,34)(H,30,33)(H,35,36). The number of rotatable bonds is 14. The molecular formula is C26H42N4O6. The second-order valence-corrected chi connectivity index (χ2v) is 10.4. The van der Waals surface area contributed by atoms with Crippen LogP contribution in [-0.2, 0) is 25.6 Å². The fraction of sp³-hybridized carbons (Fsp3) is 0.615. The van der Waals surface area contributed by atoms with Gasteiger partial charge in [-0.3, -0.25) is 14.4 Å². The lowest BCUT2D eigenvalue weighted by molar-refractivity contribution is -0.142. The summed E-state index contributed by atoms with van der Waals surface area (Å²) < 4.78 is 0. The number of hydrogen-bond donors (Lipinski definition) is 6. The normalized spacial score (nSPS) is 14.7. The van der Waals surface area contributed by atoms with Crippen molar-refractivity contribution in [2.75, 3.05) is 0 Å². The maximum absolute atomic E-state index is 13.1. The first-order valence-corrected chi connectivity index (χ1v) is 12.4. The van der Waals surface area contributed by atoms with E-state index in [4.69, 9.17) is 5.73 Å². The van der Waals surface area contributed by atoms with Crippen molar-refractivity contribution in [2.45, 2.75) is 85.0 Å². The van der Waals surface area contributed by atoms with Crippen LogP contribution in [0.1, 0.15) is 59.9 Å². The molecule has 4 unspecified atom stereocenters. The molecule has 0 heterocycles. The van der Waals surface area contributed by atoms with Gasteiger partial charge < -0.3 is 31.9 Å². The van der Waals surface area contributed by atoms with Crippen LogP contribution in [-0.4, -0.2) is 58.1 Å². The summed E-state index contributed by atoms with van der Waals surface area (Å²) >= 11 is 0. The molecule has 7 N–H and O–H groups in total. The SMILES string of the molecule is CC(C)CC(N)C(=O)NC(CC(C)C)C(=O)NC(C(=O)NC(Cc1ccc(O)cc1)C(=O)O)C(C)C. The minimum Gasteiger partial charge on any atom is -0.508 e. The molecule has 0 aliphatic carbocycles. The van der Waals surface area contributed by atoms with Gasteiger partial charge in [0.25, 0.3) is 0 Å². The number of carboxylic acid groups (broad SMARTS) is 1. The molecule has 0 aromatic heterocycles. The Balaban J connectivity index is 2.97. The third kappa shape index (κ3) is 10.6. The average molecular weight is 507 g/mol. The number of carbonyl (C=O) groups excluding carboxylic acids is 3. The number of nitrogens with one attached hydrogen (secondary N) is 3. The molecule has 0 radical (unpaired) electrons. The predicted molar refractivity (Wildman–Crippen MR) is 137 cm³/mol. The van der Waals surface area contributed by atoms with E-state index in [0.29, 0.717) is 18.4 Å². The number of phenolic OH excluding ortho intramolecular Hbond substituents is 1. The van der Waals surface area contributed by atoms with Crippen LogP contribution in [0.4, 0.5) is 0 Å². The summed E-state index contributed by atoms with van der Waals surface area (Å²) in [4.78, 5) is 50.5. The molecule has 0 fully saturated rings. The van der Waals surface area contributed by atoms with Crippen molar-refractivity contribution in [3.05, 3.63) is 29.8 Å². The Labute approximate surface area is 213 Å². The Morgan fingerprint density at radius 3 is 1.78 bits per heavy atom. The van der Waals surface area contributed by atoms with Crippen molar-refractivity contribution in [3.8, 4) is 5.75 Å². The van der Waals surface area contributed by atoms with Gasteiger partial charge in [0.15, 0.2) is 0 Å². The zero-order valence-electron chi connectivity index (χ0n) is 22.1. The van der Waals surface area contributed by atoms with Crippen molar-refractivity contribution in [1.29, 1.82) is 0 Å². The van der Waals surface area contributed by atoms with Crippen LogP contribution in [0, 0.1) is 17.8 Å². The van der Waals surface area contributed by atoms with Gasteiger partial charge in [0.2, 0.25) is 17.7 Å². The van der Waals surface area contributed by atoms with Gasteiger partial charge in [-0.2, -0.15) is 0 Å². The number of nitrogens with two attached hydrogens (primary N) is 1. The molecule has 0 saturated heterocycles. The van der Waals surface area contributed by atoms with E-state index in [9.17, 15) is 29.4 Å². The fourth-order valence-corrected chi connectivity index (χ4v) is 3.71. The number of phenols is 1. The first-order valence-electron chi connectivity index (χ1n) is 12.4. The number of aromatic hydroxyl groups is 1. The van der Waals surface area contributed by atoms with E-state index >= 15 is 0 Å². The van der Waals surface area contributed by atoms with Gasteiger partial charge in [-0.25, -0.2) is 4.79 Å². The molecule has 0 bridgehead atoms. The van der Waals surface area contributed by atoms with Gasteiger partial charge in [-0.05, 0) is 48.3 Å². The largest absolute Gasteiger partial charge is 0.508 e. The highest BCUT2D eigenvalue weighted by atomic mass is 16.4. The number of amides is 3. The van der Waals surface area contributed by atoms with Gasteiger partial charge in [0.1, 0.15) is 23.9 Å². The highest BCUT2D eigenvalue weighted by molar-refractivity contribution is 5.94. The number of carboxylic acids is 1. The summed E-state index contributed by atoms with van der Waals surface area (Å²) in [6.45, 7) is 11.2. The Bertz CT molecular complexity index is 885. The van der Waals surface area contributed by atoms with Crippen LogP contribution in [0.25, 0.3) is 0 Å². The van der Waals surface area contributed by atoms with E-state index in [0.717, 1.165) is 0 Å². The monoisotopic (exact) mass is 506 g/mol. The molecule has 3 amide bonds. The Kier molecular flexibility index (Phi) is 12.4. The van der Waals surface area contributed by atoms with Crippen LogP contribution in [0.15, 0.2) is 24.3 Å². The van der Waals surface area contributed by atoms with E-state index in [1.54, 1.807) is 26.0 Å². The predicted octanol–water partition coefficient (Wildman–Crippen LogP) is 1.55. The molecule has 0 saturated carbocycles. The third-order valence-corrected chi connectivity index (χ3v) is 5.64. The maximum atomic E-state index is 13.1. The van der Waals surface area contributed by atoms with Crippen molar-refractivity contribution < 1.29 is 29.4 Å². The van der Waals surface area contributed by atoms with Gasteiger partial charge >= 0.3 is 5.97 Å². The minimum absolute atomic E-state index is 0.000113. The molecule has 1 aromatic carbocycles. The number of carbonyl (C=O) groups is 4. The first kappa shape index (κ1) is 30.9. The van der Waals surface area contributed by atoms with E-state index in [1.165, 1.54) is 12.1 Å². The number of aliphatic carboxylic acids is 1. The van der Waals surface area contributed by atoms with Crippen molar-refractivity contribution in [1.82, 2.24) is 16.0 Å². The smallest absolute Gasteiger partial charge is 0.326 e. The molecule has 1 rings (SSSR count). The summed E-state index contributed by atoms with van der Waals surface area (Å²) in [5.74, 6) is -2.86. The molecule has 0 spiro atoms. The van der Waals surface area contributed by atoms with Gasteiger partial charge in [-0.1, -0.05) is 53.7 Å². The van der Waals surface area contributed by atoms with Crippen molar-refractivity contribution in [3.63, 3.8) is 0 Å². The van der Waals surface area contributed by atoms with E-state index < -0.39 is 47.9 Å². The highest BCUT2D eigenvalue weighted by Gasteiger charge is 2.32. The fourth-order valence-electron chi connectivity index (χ4n) is 3.71. The lowest BCUT2D eigenvalue weighted by Crippen LogP contribution is -2.58. The van der Waals surface area contributed by atoms with Gasteiger partial charge in [0, 0.05) is 6.42 Å². The van der Waals surface area contributed by atoms with E-state index in [2.05, 4.69) is 16.0 Å². The second kappa shape index (κ2) is 14.4. The zero-order chi connectivity index (χ0) is 27.6. The Morgan fingerprint density at radius 2 is 1.31 bits per heavy atom. The van der Waals surface area contributed by atoms with Crippen LogP contribution in [0.2, 0.25) is 0 Å². The van der Waals surface area contributed by atoms with E-state index in [-0.39, 0.29) is 29.9 Å². The zero-order valence-corrected chi connectivity index (χ0v) is 22.1. The highest BCUT2D eigenvalue weighted by Crippen LogP contribution is 2.13. The molecular weight excluding hydrogens is 464 g/mol. The lowest BCUT2D eigenvalue weighted by Gasteiger charge is -2.28. The molecule has 10 heteroatoms. The van der Waals surface area contributed by atoms with Gasteiger partial charge in [-0.15, -0.1) is 0 Å². The summed E-state index contributed by atoms with van der Waals surface area (Å²) in [6, 6.07) is 2.11. The third-order valence-electron chi connectivity index (χ3n) is 5.64. The topological polar surface area (TPSA) is 171 Å². The summed E-state index contributed by atoms with van der Waals surface area (Å²) in [5, 5.41) is 27.0. The summed E-state index contributed by atoms with van der Waals surface area (Å²) in [5.41, 5.74) is 6.59. The molecule has 202 valence electrons. The molecule has 36 heavy (non-hydrogen) atoms. The maximum Gasteiger partial charge on any atom is 0.326 e. The summed E-state index contributed by atoms with van der Waals surface area (Å²) in [6.07, 6.45) is 0.813. The lowest BCUT2D eigenvalue weighted by atomic mass is 9.98. The Morgan fingerprint density at radius 1 is 0.778 bits per heavy atom. The summed E-state index contributed by atoms with van der Waals surface area (Å²) in [7, 11) is 0. The van der Waals surface area contributed by atoms with Crippen LogP contribution < -0.4 is 21.7 Å². The average Bonchev–Trinajstić information content (AvgIpc) is 2.76. The number of hydrogen-bond acceptors (Lipinski definition) is 6. The van der Waals surface area contributed by atoms with Crippen LogP contribution in [0.3, 0.4) is 0 Å². The van der Waals surface area contributed by atoms with Crippen LogP contribution >= 0.6 is 0 Å². The minimum atomic E-state index is -1.24. The molecule has 1 aromatic rings. The quantitative estimate of drug-likeness (QED) is 0.222. The molecule has 4 atom stereocenters. The van der Waals surface area contributed by atoms with Crippen molar-refractivity contribution in [2.24, 2.45) is 23.5 Å². The molecule has 0 aliphatic heterocycles. The van der Waals surface area contributed by atoms with E-state index in [1.807, 2.05) is 27.7 Å².